The Hall–Kier alpha value is -3.85. The van der Waals surface area contributed by atoms with E-state index in [9.17, 15) is 0 Å². The summed E-state index contributed by atoms with van der Waals surface area (Å²) in [4.78, 5) is 2.09. The van der Waals surface area contributed by atoms with Crippen molar-refractivity contribution < 1.29 is 14.4 Å². The minimum Gasteiger partial charge on any atom is -0.457 e. The van der Waals surface area contributed by atoms with Gasteiger partial charge in [0, 0.05) is 75.6 Å². The maximum absolute atomic E-state index is 7.00. The summed E-state index contributed by atoms with van der Waals surface area (Å²) in [6, 6.07) is 14.3. The molecule has 176 valence electrons. The highest BCUT2D eigenvalue weighted by Crippen LogP contribution is 2.31. The van der Waals surface area contributed by atoms with Crippen molar-refractivity contribution in [2.75, 3.05) is 33.2 Å². The largest absolute Gasteiger partial charge is 0.457 e. The maximum Gasteiger partial charge on any atom is 0.212 e. The Kier molecular flexibility index (Phi) is 9.63. The second-order valence-corrected chi connectivity index (χ2v) is 7.64. The molecule has 0 saturated heterocycles. The molecule has 2 heterocycles. The van der Waals surface area contributed by atoms with Crippen molar-refractivity contribution in [2.24, 2.45) is 5.73 Å². The Labute approximate surface area is 203 Å². The van der Waals surface area contributed by atoms with Gasteiger partial charge in [-0.3, -0.25) is 0 Å². The number of hydrogen-bond donors (Lipinski definition) is 2. The van der Waals surface area contributed by atoms with Crippen LogP contribution in [0.15, 0.2) is 83.8 Å². The number of nitrogens with zero attached hydrogens (tertiary/aromatic N) is 2. The molecular formula is C29H34N3O2+. The van der Waals surface area contributed by atoms with Gasteiger partial charge in [-0.2, -0.15) is 4.58 Å². The molecule has 5 heteroatoms. The van der Waals surface area contributed by atoms with E-state index in [4.69, 9.17) is 16.3 Å². The molecule has 0 fully saturated rings. The van der Waals surface area contributed by atoms with Crippen LogP contribution in [0.25, 0.3) is 6.08 Å². The van der Waals surface area contributed by atoms with Crippen LogP contribution in [-0.2, 0) is 0 Å². The van der Waals surface area contributed by atoms with Crippen LogP contribution in [-0.4, -0.2) is 43.6 Å². The number of nitrogens with two attached hydrogens (primary N) is 1. The van der Waals surface area contributed by atoms with E-state index in [0.717, 1.165) is 58.1 Å². The summed E-state index contributed by atoms with van der Waals surface area (Å²) in [5.74, 6) is 4.40. The van der Waals surface area contributed by atoms with Crippen molar-refractivity contribution in [3.8, 4) is 18.1 Å². The average Bonchev–Trinajstić information content (AvgIpc) is 3.17. The lowest BCUT2D eigenvalue weighted by Crippen LogP contribution is -2.09. The first-order valence-corrected chi connectivity index (χ1v) is 11.0. The molecule has 0 bridgehead atoms. The second-order valence-electron chi connectivity index (χ2n) is 7.64. The van der Waals surface area contributed by atoms with E-state index in [1.165, 1.54) is 7.05 Å². The summed E-state index contributed by atoms with van der Waals surface area (Å²) in [7, 11) is 6.57. The highest BCUT2D eigenvalue weighted by atomic mass is 16.5. The standard InChI is InChI=1S/C27H25N2O.CH5N.CH4O/c1-6-21-8-7-9-25(17-21)29-19(2)16-22(20(29)3)10-13-26-14-11-23-18-24(28(4)5)12-15-27(23)30-26;2*1-2/h1,7-18H,2-5H3;2H2,1H3;2H,1H3/q+1;;/b22-10+,26-13-;;. The minimum atomic E-state index is 0.819. The van der Waals surface area contributed by atoms with E-state index in [1.54, 1.807) is 0 Å². The fraction of sp³-hybridized carbons (Fsp3) is 0.207. The van der Waals surface area contributed by atoms with Crippen LogP contribution in [0.1, 0.15) is 25.0 Å². The normalized spacial score (nSPS) is 15.9. The molecule has 34 heavy (non-hydrogen) atoms. The van der Waals surface area contributed by atoms with Gasteiger partial charge < -0.3 is 20.5 Å². The summed E-state index contributed by atoms with van der Waals surface area (Å²) >= 11 is 0. The monoisotopic (exact) mass is 456 g/mol. The van der Waals surface area contributed by atoms with E-state index >= 15 is 0 Å². The van der Waals surface area contributed by atoms with Crippen molar-refractivity contribution in [2.45, 2.75) is 13.8 Å². The van der Waals surface area contributed by atoms with Crippen LogP contribution in [0.3, 0.4) is 0 Å². The Morgan fingerprint density at radius 2 is 1.76 bits per heavy atom. The van der Waals surface area contributed by atoms with Gasteiger partial charge >= 0.3 is 0 Å². The quantitative estimate of drug-likeness (QED) is 0.512. The maximum atomic E-state index is 7.00. The zero-order valence-electron chi connectivity index (χ0n) is 20.8. The molecule has 0 saturated carbocycles. The van der Waals surface area contributed by atoms with E-state index in [-0.39, 0.29) is 0 Å². The van der Waals surface area contributed by atoms with Gasteiger partial charge in [0.15, 0.2) is 11.4 Å². The molecule has 2 aliphatic heterocycles. The van der Waals surface area contributed by atoms with Gasteiger partial charge in [-0.05, 0) is 55.6 Å². The fourth-order valence-electron chi connectivity index (χ4n) is 3.72. The fourth-order valence-corrected chi connectivity index (χ4v) is 3.72. The summed E-state index contributed by atoms with van der Waals surface area (Å²) in [5, 5.41) is 7.00. The van der Waals surface area contributed by atoms with Crippen molar-refractivity contribution in [3.63, 3.8) is 0 Å². The van der Waals surface area contributed by atoms with Crippen LogP contribution in [0.2, 0.25) is 0 Å². The number of rotatable bonds is 3. The highest BCUT2D eigenvalue weighted by molar-refractivity contribution is 6.00. The number of hydrogen-bond acceptors (Lipinski definition) is 4. The molecule has 0 aliphatic carbocycles. The SMILES string of the molecule is C#Cc1cccc([N+]2=C(C)/C(=C/C=C3/C=Cc4cc(N(C)C)ccc4O3)C=C2C)c1.CN.CO. The van der Waals surface area contributed by atoms with Crippen molar-refractivity contribution in [3.05, 3.63) is 94.9 Å². The molecule has 0 amide bonds. The van der Waals surface area contributed by atoms with Crippen LogP contribution in [0.5, 0.6) is 5.75 Å². The zero-order valence-corrected chi connectivity index (χ0v) is 20.8. The third-order valence-corrected chi connectivity index (χ3v) is 5.33. The first-order valence-electron chi connectivity index (χ1n) is 11.0. The van der Waals surface area contributed by atoms with Gasteiger partial charge in [0.05, 0.1) is 0 Å². The smallest absolute Gasteiger partial charge is 0.212 e. The van der Waals surface area contributed by atoms with Crippen LogP contribution in [0.4, 0.5) is 11.4 Å². The second kappa shape index (κ2) is 12.4. The Bertz CT molecular complexity index is 1220. The Morgan fingerprint density at radius 1 is 1.03 bits per heavy atom. The molecule has 2 aliphatic rings. The molecule has 5 nitrogen and oxygen atoms in total. The lowest BCUT2D eigenvalue weighted by Gasteiger charge is -2.18. The number of terminal acetylenes is 1. The number of ether oxygens (including phenoxy) is 1. The minimum absolute atomic E-state index is 0.819. The third kappa shape index (κ3) is 5.93. The molecule has 4 rings (SSSR count). The average molecular weight is 457 g/mol. The van der Waals surface area contributed by atoms with Gasteiger partial charge in [0.25, 0.3) is 0 Å². The molecule has 3 N–H and O–H groups in total. The third-order valence-electron chi connectivity index (χ3n) is 5.33. The number of fused-ring (bicyclic) bond motifs is 1. The van der Waals surface area contributed by atoms with Crippen LogP contribution < -0.4 is 15.4 Å². The lowest BCUT2D eigenvalue weighted by molar-refractivity contribution is -0.379. The summed E-state index contributed by atoms with van der Waals surface area (Å²) in [6.45, 7) is 4.23. The number of aliphatic hydroxyl groups excluding tert-OH is 1. The van der Waals surface area contributed by atoms with E-state index in [0.29, 0.717) is 0 Å². The molecule has 2 aromatic carbocycles. The number of benzene rings is 2. The molecule has 0 aromatic heterocycles. The first kappa shape index (κ1) is 26.4. The summed E-state index contributed by atoms with van der Waals surface area (Å²) in [5.41, 5.74) is 12.2. The Balaban J connectivity index is 0.000000970. The number of allylic oxidation sites excluding steroid dienone is 6. The van der Waals surface area contributed by atoms with Crippen LogP contribution in [0, 0.1) is 12.3 Å². The number of anilines is 1. The lowest BCUT2D eigenvalue weighted by atomic mass is 10.1. The molecule has 0 atom stereocenters. The molecule has 2 aromatic rings. The molecule has 0 spiro atoms. The topological polar surface area (TPSA) is 61.7 Å². The van der Waals surface area contributed by atoms with Gasteiger partial charge in [0.1, 0.15) is 11.5 Å². The Morgan fingerprint density at radius 3 is 2.44 bits per heavy atom. The number of aliphatic hydroxyl groups is 1. The molecular weight excluding hydrogens is 422 g/mol. The van der Waals surface area contributed by atoms with Crippen LogP contribution >= 0.6 is 0 Å². The van der Waals surface area contributed by atoms with E-state index in [2.05, 4.69) is 71.4 Å². The van der Waals surface area contributed by atoms with Gasteiger partial charge in [-0.15, -0.1) is 6.42 Å². The predicted octanol–water partition coefficient (Wildman–Crippen LogP) is 4.86. The van der Waals surface area contributed by atoms with Crippen molar-refractivity contribution in [1.29, 1.82) is 0 Å². The molecule has 0 unspecified atom stereocenters. The van der Waals surface area contributed by atoms with Gasteiger partial charge in [-0.1, -0.05) is 12.0 Å². The van der Waals surface area contributed by atoms with Crippen molar-refractivity contribution in [1.82, 2.24) is 0 Å². The summed E-state index contributed by atoms with van der Waals surface area (Å²) < 4.78 is 8.30. The van der Waals surface area contributed by atoms with Gasteiger partial charge in [0.2, 0.25) is 5.69 Å². The highest BCUT2D eigenvalue weighted by Gasteiger charge is 2.26. The van der Waals surface area contributed by atoms with Crippen molar-refractivity contribution >= 4 is 23.2 Å². The summed E-state index contributed by atoms with van der Waals surface area (Å²) in [6.07, 6.45) is 16.0. The van der Waals surface area contributed by atoms with Gasteiger partial charge in [-0.25, -0.2) is 0 Å². The molecule has 0 radical (unpaired) electrons. The van der Waals surface area contributed by atoms with E-state index in [1.807, 2.05) is 50.5 Å². The van der Waals surface area contributed by atoms with E-state index < -0.39 is 0 Å². The first-order chi connectivity index (χ1) is 16.5. The predicted molar refractivity (Wildman–Crippen MR) is 144 cm³/mol. The zero-order chi connectivity index (χ0) is 25.3.